The van der Waals surface area contributed by atoms with Gasteiger partial charge in [-0.1, -0.05) is 5.16 Å². The zero-order chi connectivity index (χ0) is 9.10. The summed E-state index contributed by atoms with van der Waals surface area (Å²) in [5.74, 6) is 0.762. The summed E-state index contributed by atoms with van der Waals surface area (Å²) in [5, 5.41) is 12.0. The number of aromatic nitrogens is 2. The van der Waals surface area contributed by atoms with E-state index in [-0.39, 0.29) is 6.42 Å². The largest absolute Gasteiger partial charge is 0.472 e. The van der Waals surface area contributed by atoms with Crippen LogP contribution < -0.4 is 0 Å². The molecule has 5 heteroatoms. The van der Waals surface area contributed by atoms with Crippen molar-refractivity contribution in [1.82, 2.24) is 10.1 Å². The summed E-state index contributed by atoms with van der Waals surface area (Å²) in [5.41, 5.74) is 0.719. The summed E-state index contributed by atoms with van der Waals surface area (Å²) >= 11 is 0. The molecule has 0 fully saturated rings. The number of rotatable bonds is 2. The zero-order valence-corrected chi connectivity index (χ0v) is 6.60. The van der Waals surface area contributed by atoms with Gasteiger partial charge in [-0.2, -0.15) is 10.2 Å². The Balaban J connectivity index is 2.29. The summed E-state index contributed by atoms with van der Waals surface area (Å²) in [6.45, 7) is 0. The van der Waals surface area contributed by atoms with Gasteiger partial charge in [0.2, 0.25) is 0 Å². The van der Waals surface area contributed by atoms with Crippen molar-refractivity contribution in [3.05, 3.63) is 24.4 Å². The lowest BCUT2D eigenvalue weighted by Crippen LogP contribution is -1.83. The topological polar surface area (TPSA) is 75.8 Å². The van der Waals surface area contributed by atoms with Crippen LogP contribution in [-0.2, 0) is 6.42 Å². The van der Waals surface area contributed by atoms with Crippen molar-refractivity contribution in [3.63, 3.8) is 0 Å². The first-order chi connectivity index (χ1) is 6.40. The van der Waals surface area contributed by atoms with Crippen LogP contribution in [0.4, 0.5) is 0 Å². The van der Waals surface area contributed by atoms with Crippen LogP contribution in [0.1, 0.15) is 5.82 Å². The molecular formula is C8H5N3O2. The predicted octanol–water partition coefficient (Wildman–Crippen LogP) is 1.40. The van der Waals surface area contributed by atoms with Gasteiger partial charge in [0.1, 0.15) is 6.26 Å². The average molecular weight is 175 g/mol. The molecule has 0 bridgehead atoms. The molecule has 0 amide bonds. The lowest BCUT2D eigenvalue weighted by molar-refractivity contribution is 0.423. The van der Waals surface area contributed by atoms with Gasteiger partial charge in [0.25, 0.3) is 5.89 Å². The van der Waals surface area contributed by atoms with Gasteiger partial charge >= 0.3 is 0 Å². The molecule has 0 aromatic carbocycles. The molecule has 13 heavy (non-hydrogen) atoms. The Morgan fingerprint density at radius 1 is 1.54 bits per heavy atom. The molecule has 0 saturated heterocycles. The monoisotopic (exact) mass is 175 g/mol. The molecule has 0 unspecified atom stereocenters. The van der Waals surface area contributed by atoms with Crippen molar-refractivity contribution in [1.29, 1.82) is 5.26 Å². The Bertz CT molecular complexity index is 424. The molecule has 0 N–H and O–H groups in total. The smallest absolute Gasteiger partial charge is 0.261 e. The van der Waals surface area contributed by atoms with Crippen LogP contribution in [0, 0.1) is 11.3 Å². The summed E-state index contributed by atoms with van der Waals surface area (Å²) in [4.78, 5) is 3.98. The molecule has 64 valence electrons. The third-order valence-corrected chi connectivity index (χ3v) is 1.47. The molecule has 0 aliphatic carbocycles. The third-order valence-electron chi connectivity index (χ3n) is 1.47. The number of furan rings is 1. The lowest BCUT2D eigenvalue weighted by atomic mass is 10.3. The maximum Gasteiger partial charge on any atom is 0.261 e. The van der Waals surface area contributed by atoms with E-state index in [0.29, 0.717) is 11.7 Å². The van der Waals surface area contributed by atoms with E-state index in [1.165, 1.54) is 12.5 Å². The van der Waals surface area contributed by atoms with Crippen LogP contribution in [0.5, 0.6) is 0 Å². The maximum atomic E-state index is 8.37. The van der Waals surface area contributed by atoms with Gasteiger partial charge in [-0.3, -0.25) is 0 Å². The molecule has 2 heterocycles. The highest BCUT2D eigenvalue weighted by atomic mass is 16.5. The van der Waals surface area contributed by atoms with Gasteiger partial charge in [-0.25, -0.2) is 0 Å². The average Bonchev–Trinajstić information content (AvgIpc) is 2.70. The number of nitriles is 1. The Hall–Kier alpha value is -2.09. The normalized spacial score (nSPS) is 9.77. The van der Waals surface area contributed by atoms with Gasteiger partial charge in [0, 0.05) is 0 Å². The minimum atomic E-state index is 0.154. The Kier molecular flexibility index (Phi) is 1.81. The summed E-state index contributed by atoms with van der Waals surface area (Å²) < 4.78 is 9.73. The molecule has 0 aliphatic rings. The highest BCUT2D eigenvalue weighted by Gasteiger charge is 2.08. The number of nitrogens with zero attached hydrogens (tertiary/aromatic N) is 3. The van der Waals surface area contributed by atoms with Crippen molar-refractivity contribution in [2.24, 2.45) is 0 Å². The molecule has 0 radical (unpaired) electrons. The fourth-order valence-corrected chi connectivity index (χ4v) is 0.900. The van der Waals surface area contributed by atoms with E-state index >= 15 is 0 Å². The minimum absolute atomic E-state index is 0.154. The van der Waals surface area contributed by atoms with Gasteiger partial charge in [-0.05, 0) is 6.07 Å². The molecule has 0 atom stereocenters. The second-order valence-corrected chi connectivity index (χ2v) is 2.36. The van der Waals surface area contributed by atoms with Crippen molar-refractivity contribution in [2.75, 3.05) is 0 Å². The highest BCUT2D eigenvalue weighted by molar-refractivity contribution is 5.49. The molecule has 0 aliphatic heterocycles. The van der Waals surface area contributed by atoms with Gasteiger partial charge in [0.15, 0.2) is 5.82 Å². The van der Waals surface area contributed by atoms with Crippen LogP contribution in [0.3, 0.4) is 0 Å². The summed E-state index contributed by atoms with van der Waals surface area (Å²) in [6, 6.07) is 3.65. The fraction of sp³-hybridized carbons (Fsp3) is 0.125. The van der Waals surface area contributed by atoms with Crippen molar-refractivity contribution in [3.8, 4) is 17.5 Å². The van der Waals surface area contributed by atoms with Crippen LogP contribution >= 0.6 is 0 Å². The number of hydrogen-bond acceptors (Lipinski definition) is 5. The van der Waals surface area contributed by atoms with Crippen LogP contribution in [-0.4, -0.2) is 10.1 Å². The fourth-order valence-electron chi connectivity index (χ4n) is 0.900. The van der Waals surface area contributed by atoms with E-state index in [1.807, 2.05) is 6.07 Å². The second kappa shape index (κ2) is 3.11. The van der Waals surface area contributed by atoms with E-state index in [9.17, 15) is 0 Å². The Labute approximate surface area is 73.6 Å². The minimum Gasteiger partial charge on any atom is -0.472 e. The molecular weight excluding hydrogens is 170 g/mol. The molecule has 0 spiro atoms. The van der Waals surface area contributed by atoms with Gasteiger partial charge in [-0.15, -0.1) is 0 Å². The molecule has 5 nitrogen and oxygen atoms in total. The first-order valence-electron chi connectivity index (χ1n) is 3.62. The van der Waals surface area contributed by atoms with Crippen molar-refractivity contribution in [2.45, 2.75) is 6.42 Å². The van der Waals surface area contributed by atoms with Gasteiger partial charge in [0.05, 0.1) is 24.3 Å². The SMILES string of the molecule is N#CCc1noc(-c2ccoc2)n1. The maximum absolute atomic E-state index is 8.37. The van der Waals surface area contributed by atoms with Crippen LogP contribution in [0.15, 0.2) is 27.5 Å². The van der Waals surface area contributed by atoms with E-state index in [1.54, 1.807) is 6.07 Å². The van der Waals surface area contributed by atoms with Crippen molar-refractivity contribution >= 4 is 0 Å². The molecule has 2 rings (SSSR count). The predicted molar refractivity (Wildman–Crippen MR) is 41.3 cm³/mol. The van der Waals surface area contributed by atoms with Gasteiger partial charge < -0.3 is 8.94 Å². The third kappa shape index (κ3) is 1.42. The quantitative estimate of drug-likeness (QED) is 0.689. The van der Waals surface area contributed by atoms with E-state index in [0.717, 1.165) is 5.56 Å². The van der Waals surface area contributed by atoms with E-state index < -0.39 is 0 Å². The molecule has 2 aromatic heterocycles. The van der Waals surface area contributed by atoms with E-state index in [4.69, 9.17) is 14.2 Å². The first-order valence-corrected chi connectivity index (χ1v) is 3.62. The van der Waals surface area contributed by atoms with E-state index in [2.05, 4.69) is 10.1 Å². The Morgan fingerprint density at radius 3 is 3.15 bits per heavy atom. The summed E-state index contributed by atoms with van der Waals surface area (Å²) in [7, 11) is 0. The molecule has 2 aromatic rings. The zero-order valence-electron chi connectivity index (χ0n) is 6.60. The Morgan fingerprint density at radius 2 is 2.46 bits per heavy atom. The summed E-state index contributed by atoms with van der Waals surface area (Å²) in [6.07, 6.45) is 3.18. The lowest BCUT2D eigenvalue weighted by Gasteiger charge is -1.80. The van der Waals surface area contributed by atoms with Crippen molar-refractivity contribution < 1.29 is 8.94 Å². The first kappa shape index (κ1) is 7.55. The molecule has 0 saturated carbocycles. The highest BCUT2D eigenvalue weighted by Crippen LogP contribution is 2.16. The standard InChI is InChI=1S/C8H5N3O2/c9-3-1-7-10-8(13-11-7)6-2-4-12-5-6/h2,4-5H,1H2. The van der Waals surface area contributed by atoms with Crippen LogP contribution in [0.2, 0.25) is 0 Å². The number of hydrogen-bond donors (Lipinski definition) is 0. The second-order valence-electron chi connectivity index (χ2n) is 2.36. The van der Waals surface area contributed by atoms with Crippen LogP contribution in [0.25, 0.3) is 11.5 Å².